The first-order chi connectivity index (χ1) is 8.17. The van der Waals surface area contributed by atoms with Crippen LogP contribution in [0.4, 0.5) is 4.39 Å². The van der Waals surface area contributed by atoms with E-state index in [4.69, 9.17) is 10.00 Å². The van der Waals surface area contributed by atoms with Crippen molar-refractivity contribution in [1.82, 2.24) is 0 Å². The first-order valence-corrected chi connectivity index (χ1v) is 5.22. The van der Waals surface area contributed by atoms with Gasteiger partial charge in [-0.3, -0.25) is 0 Å². The van der Waals surface area contributed by atoms with E-state index in [1.807, 2.05) is 6.92 Å². The molecule has 0 radical (unpaired) electrons. The molecule has 0 saturated heterocycles. The summed E-state index contributed by atoms with van der Waals surface area (Å²) in [7, 11) is 0. The fourth-order valence-electron chi connectivity index (χ4n) is 1.14. The molecule has 0 bridgehead atoms. The summed E-state index contributed by atoms with van der Waals surface area (Å²) in [6.07, 6.45) is 2.07. The van der Waals surface area contributed by atoms with Crippen LogP contribution in [-0.2, 0) is 9.53 Å². The Labute approximate surface area is 99.1 Å². The number of hydrogen-bond donors (Lipinski definition) is 0. The summed E-state index contributed by atoms with van der Waals surface area (Å²) in [6, 6.07) is 7.26. The highest BCUT2D eigenvalue weighted by Crippen LogP contribution is 2.09. The van der Waals surface area contributed by atoms with Crippen molar-refractivity contribution in [3.05, 3.63) is 41.2 Å². The monoisotopic (exact) mass is 233 g/mol. The molecule has 0 amide bonds. The van der Waals surface area contributed by atoms with Crippen LogP contribution in [0.25, 0.3) is 6.08 Å². The van der Waals surface area contributed by atoms with Gasteiger partial charge in [0, 0.05) is 0 Å². The van der Waals surface area contributed by atoms with E-state index in [2.05, 4.69) is 0 Å². The van der Waals surface area contributed by atoms with Gasteiger partial charge < -0.3 is 4.74 Å². The van der Waals surface area contributed by atoms with Crippen molar-refractivity contribution in [2.45, 2.75) is 13.3 Å². The number of nitrogens with zero attached hydrogens (tertiary/aromatic N) is 1. The Morgan fingerprint density at radius 3 is 2.65 bits per heavy atom. The molecule has 1 aromatic carbocycles. The van der Waals surface area contributed by atoms with Gasteiger partial charge in [0.2, 0.25) is 0 Å². The molecule has 0 aliphatic heterocycles. The molecule has 0 N–H and O–H groups in total. The van der Waals surface area contributed by atoms with Crippen molar-refractivity contribution < 1.29 is 13.9 Å². The molecule has 1 rings (SSSR count). The topological polar surface area (TPSA) is 50.1 Å². The Morgan fingerprint density at radius 1 is 1.47 bits per heavy atom. The van der Waals surface area contributed by atoms with Crippen molar-refractivity contribution in [3.63, 3.8) is 0 Å². The Balaban J connectivity index is 2.83. The van der Waals surface area contributed by atoms with Crippen LogP contribution in [0.2, 0.25) is 0 Å². The second-order valence-corrected chi connectivity index (χ2v) is 3.36. The lowest BCUT2D eigenvalue weighted by molar-refractivity contribution is -0.138. The number of carbonyl (C=O) groups excluding carboxylic acids is 1. The fraction of sp³-hybridized carbons (Fsp3) is 0.231. The van der Waals surface area contributed by atoms with Gasteiger partial charge in [-0.15, -0.1) is 0 Å². The maximum Gasteiger partial charge on any atom is 0.348 e. The average Bonchev–Trinajstić information content (AvgIpc) is 2.35. The third-order valence-corrected chi connectivity index (χ3v) is 1.96. The molecule has 0 aliphatic carbocycles. The summed E-state index contributed by atoms with van der Waals surface area (Å²) in [5, 5.41) is 8.82. The minimum atomic E-state index is -0.654. The zero-order chi connectivity index (χ0) is 12.7. The predicted molar refractivity (Wildman–Crippen MR) is 61.2 cm³/mol. The lowest BCUT2D eigenvalue weighted by Gasteiger charge is -2.01. The lowest BCUT2D eigenvalue weighted by atomic mass is 10.1. The van der Waals surface area contributed by atoms with Crippen LogP contribution >= 0.6 is 0 Å². The highest BCUT2D eigenvalue weighted by atomic mass is 19.1. The summed E-state index contributed by atoms with van der Waals surface area (Å²) < 4.78 is 17.5. The molecule has 4 heteroatoms. The standard InChI is InChI=1S/C13H12FNO2/c1-2-7-17-13(16)11(9-15)8-10-3-5-12(14)6-4-10/h3-6,8H,2,7H2,1H3. The number of ether oxygens (including phenoxy) is 1. The molecular formula is C13H12FNO2. The van der Waals surface area contributed by atoms with Crippen molar-refractivity contribution in [2.24, 2.45) is 0 Å². The minimum absolute atomic E-state index is 0.0925. The van der Waals surface area contributed by atoms with Gasteiger partial charge in [0.1, 0.15) is 17.5 Å². The zero-order valence-corrected chi connectivity index (χ0v) is 9.44. The third kappa shape index (κ3) is 4.07. The molecule has 0 spiro atoms. The largest absolute Gasteiger partial charge is 0.462 e. The molecule has 17 heavy (non-hydrogen) atoms. The van der Waals surface area contributed by atoms with Gasteiger partial charge in [0.05, 0.1) is 6.61 Å². The summed E-state index contributed by atoms with van der Waals surface area (Å²) in [5.74, 6) is -1.02. The second-order valence-electron chi connectivity index (χ2n) is 3.36. The first kappa shape index (κ1) is 12.9. The zero-order valence-electron chi connectivity index (χ0n) is 9.44. The molecule has 0 saturated carbocycles. The van der Waals surface area contributed by atoms with Crippen LogP contribution < -0.4 is 0 Å². The smallest absolute Gasteiger partial charge is 0.348 e. The van der Waals surface area contributed by atoms with E-state index in [9.17, 15) is 9.18 Å². The van der Waals surface area contributed by atoms with Crippen molar-refractivity contribution >= 4 is 12.0 Å². The summed E-state index contributed by atoms with van der Waals surface area (Å²) >= 11 is 0. The van der Waals surface area contributed by atoms with E-state index in [0.29, 0.717) is 12.0 Å². The minimum Gasteiger partial charge on any atom is -0.462 e. The molecule has 3 nitrogen and oxygen atoms in total. The van der Waals surface area contributed by atoms with E-state index in [0.717, 1.165) is 0 Å². The van der Waals surface area contributed by atoms with E-state index in [-0.39, 0.29) is 18.0 Å². The second kappa shape index (κ2) is 6.44. The molecule has 0 atom stereocenters. The number of esters is 1. The average molecular weight is 233 g/mol. The number of halogens is 1. The highest BCUT2D eigenvalue weighted by molar-refractivity contribution is 5.97. The Kier molecular flexibility index (Phi) is 4.89. The van der Waals surface area contributed by atoms with Crippen LogP contribution in [0.5, 0.6) is 0 Å². The van der Waals surface area contributed by atoms with Crippen LogP contribution in [0.1, 0.15) is 18.9 Å². The maximum atomic E-state index is 12.7. The summed E-state index contributed by atoms with van der Waals surface area (Å²) in [4.78, 5) is 11.4. The SMILES string of the molecule is CCCOC(=O)C(C#N)=Cc1ccc(F)cc1. The molecule has 0 aromatic heterocycles. The van der Waals surface area contributed by atoms with Gasteiger partial charge >= 0.3 is 5.97 Å². The molecule has 1 aromatic rings. The molecule has 88 valence electrons. The van der Waals surface area contributed by atoms with Gasteiger partial charge in [-0.2, -0.15) is 5.26 Å². The molecule has 0 aliphatic rings. The van der Waals surface area contributed by atoms with E-state index >= 15 is 0 Å². The van der Waals surface area contributed by atoms with Crippen LogP contribution in [0.15, 0.2) is 29.8 Å². The van der Waals surface area contributed by atoms with Crippen molar-refractivity contribution in [2.75, 3.05) is 6.61 Å². The Morgan fingerprint density at radius 2 is 2.12 bits per heavy atom. The molecule has 0 unspecified atom stereocenters. The maximum absolute atomic E-state index is 12.7. The van der Waals surface area contributed by atoms with Gasteiger partial charge in [0.15, 0.2) is 0 Å². The summed E-state index contributed by atoms with van der Waals surface area (Å²) in [5.41, 5.74) is 0.487. The van der Waals surface area contributed by atoms with Gasteiger partial charge in [0.25, 0.3) is 0 Å². The van der Waals surface area contributed by atoms with E-state index < -0.39 is 5.97 Å². The number of rotatable bonds is 4. The fourth-order valence-corrected chi connectivity index (χ4v) is 1.14. The lowest BCUT2D eigenvalue weighted by Crippen LogP contribution is -2.07. The highest BCUT2D eigenvalue weighted by Gasteiger charge is 2.09. The van der Waals surface area contributed by atoms with Crippen molar-refractivity contribution in [1.29, 1.82) is 5.26 Å². The van der Waals surface area contributed by atoms with Gasteiger partial charge in [-0.1, -0.05) is 19.1 Å². The number of carbonyl (C=O) groups is 1. The first-order valence-electron chi connectivity index (χ1n) is 5.22. The van der Waals surface area contributed by atoms with Crippen molar-refractivity contribution in [3.8, 4) is 6.07 Å². The van der Waals surface area contributed by atoms with Crippen LogP contribution in [-0.4, -0.2) is 12.6 Å². The summed E-state index contributed by atoms with van der Waals surface area (Å²) in [6.45, 7) is 2.14. The predicted octanol–water partition coefficient (Wildman–Crippen LogP) is 2.69. The van der Waals surface area contributed by atoms with Gasteiger partial charge in [-0.05, 0) is 30.2 Å². The number of nitriles is 1. The van der Waals surface area contributed by atoms with Crippen LogP contribution in [0, 0.1) is 17.1 Å². The van der Waals surface area contributed by atoms with E-state index in [1.165, 1.54) is 30.3 Å². The Hall–Kier alpha value is -2.15. The number of benzene rings is 1. The van der Waals surface area contributed by atoms with Crippen LogP contribution in [0.3, 0.4) is 0 Å². The molecular weight excluding hydrogens is 221 g/mol. The molecule has 0 fully saturated rings. The Bertz CT molecular complexity index is 457. The third-order valence-electron chi connectivity index (χ3n) is 1.96. The molecule has 0 heterocycles. The van der Waals surface area contributed by atoms with Gasteiger partial charge in [-0.25, -0.2) is 9.18 Å². The van der Waals surface area contributed by atoms with E-state index in [1.54, 1.807) is 6.07 Å². The quantitative estimate of drug-likeness (QED) is 0.456. The normalized spacial score (nSPS) is 10.8. The number of hydrogen-bond acceptors (Lipinski definition) is 3.